The first-order chi connectivity index (χ1) is 8.53. The topological polar surface area (TPSA) is 34.2 Å². The molecule has 0 spiro atoms. The van der Waals surface area contributed by atoms with Crippen LogP contribution in [0.1, 0.15) is 52.0 Å². The maximum absolute atomic E-state index is 5.91. The van der Waals surface area contributed by atoms with Crippen molar-refractivity contribution < 1.29 is 4.74 Å². The zero-order chi connectivity index (χ0) is 13.0. The van der Waals surface area contributed by atoms with Crippen LogP contribution in [-0.4, -0.2) is 16.6 Å². The maximum Gasteiger partial charge on any atom is 0.213 e. The number of aromatic nitrogens is 1. The van der Waals surface area contributed by atoms with Gasteiger partial charge in [0.25, 0.3) is 0 Å². The summed E-state index contributed by atoms with van der Waals surface area (Å²) in [6, 6.07) is 4.09. The molecule has 1 fully saturated rings. The Balaban J connectivity index is 1.92. The molecule has 1 aliphatic rings. The summed E-state index contributed by atoms with van der Waals surface area (Å²) in [6.45, 7) is 7.37. The molecule has 0 aliphatic heterocycles. The van der Waals surface area contributed by atoms with Crippen molar-refractivity contribution >= 4 is 0 Å². The molecule has 0 atom stereocenters. The SMILES string of the molecule is CC(C)(C)NCc1ccnc(OC2CCCC2)c1. The Bertz CT molecular complexity index is 378. The van der Waals surface area contributed by atoms with Gasteiger partial charge >= 0.3 is 0 Å². The smallest absolute Gasteiger partial charge is 0.213 e. The van der Waals surface area contributed by atoms with Crippen molar-refractivity contribution in [1.29, 1.82) is 0 Å². The van der Waals surface area contributed by atoms with Gasteiger partial charge in [-0.25, -0.2) is 4.98 Å². The van der Waals surface area contributed by atoms with Gasteiger partial charge in [-0.05, 0) is 58.1 Å². The van der Waals surface area contributed by atoms with Crippen molar-refractivity contribution in [3.63, 3.8) is 0 Å². The Morgan fingerprint density at radius 1 is 1.33 bits per heavy atom. The molecule has 0 unspecified atom stereocenters. The molecule has 1 aromatic heterocycles. The van der Waals surface area contributed by atoms with Crippen LogP contribution in [0.5, 0.6) is 5.88 Å². The average Bonchev–Trinajstić information content (AvgIpc) is 2.79. The highest BCUT2D eigenvalue weighted by Crippen LogP contribution is 2.23. The van der Waals surface area contributed by atoms with Gasteiger partial charge in [-0.2, -0.15) is 0 Å². The van der Waals surface area contributed by atoms with Gasteiger partial charge in [-0.15, -0.1) is 0 Å². The summed E-state index contributed by atoms with van der Waals surface area (Å²) >= 11 is 0. The zero-order valence-corrected chi connectivity index (χ0v) is 11.7. The minimum Gasteiger partial charge on any atom is -0.474 e. The third-order valence-corrected chi connectivity index (χ3v) is 3.21. The minimum atomic E-state index is 0.135. The molecule has 100 valence electrons. The predicted molar refractivity (Wildman–Crippen MR) is 73.7 cm³/mol. The molecular weight excluding hydrogens is 224 g/mol. The molecule has 18 heavy (non-hydrogen) atoms. The zero-order valence-electron chi connectivity index (χ0n) is 11.7. The van der Waals surface area contributed by atoms with Gasteiger partial charge in [0.15, 0.2) is 0 Å². The number of hydrogen-bond acceptors (Lipinski definition) is 3. The Morgan fingerprint density at radius 3 is 2.72 bits per heavy atom. The third-order valence-electron chi connectivity index (χ3n) is 3.21. The van der Waals surface area contributed by atoms with Gasteiger partial charge in [-0.1, -0.05) is 0 Å². The summed E-state index contributed by atoms with van der Waals surface area (Å²) in [4.78, 5) is 4.30. The van der Waals surface area contributed by atoms with Crippen molar-refractivity contribution in [3.05, 3.63) is 23.9 Å². The van der Waals surface area contributed by atoms with E-state index in [4.69, 9.17) is 4.74 Å². The lowest BCUT2D eigenvalue weighted by Crippen LogP contribution is -2.35. The van der Waals surface area contributed by atoms with Gasteiger partial charge in [0.1, 0.15) is 6.10 Å². The van der Waals surface area contributed by atoms with E-state index in [9.17, 15) is 0 Å². The largest absolute Gasteiger partial charge is 0.474 e. The molecule has 3 nitrogen and oxygen atoms in total. The van der Waals surface area contributed by atoms with E-state index in [0.29, 0.717) is 6.10 Å². The Kier molecular flexibility index (Phi) is 4.23. The first-order valence-corrected chi connectivity index (χ1v) is 6.89. The molecule has 2 rings (SSSR count). The molecule has 0 amide bonds. The van der Waals surface area contributed by atoms with Crippen LogP contribution in [0, 0.1) is 0 Å². The summed E-state index contributed by atoms with van der Waals surface area (Å²) < 4.78 is 5.91. The second kappa shape index (κ2) is 5.70. The summed E-state index contributed by atoms with van der Waals surface area (Å²) in [5, 5.41) is 3.48. The van der Waals surface area contributed by atoms with E-state index in [0.717, 1.165) is 12.4 Å². The van der Waals surface area contributed by atoms with Gasteiger partial charge in [0.2, 0.25) is 5.88 Å². The third kappa shape index (κ3) is 4.30. The summed E-state index contributed by atoms with van der Waals surface area (Å²) in [6.07, 6.45) is 7.14. The quantitative estimate of drug-likeness (QED) is 0.887. The molecule has 0 saturated heterocycles. The predicted octanol–water partition coefficient (Wildman–Crippen LogP) is 3.29. The number of nitrogens with one attached hydrogen (secondary N) is 1. The molecule has 0 radical (unpaired) electrons. The molecule has 1 heterocycles. The van der Waals surface area contributed by atoms with Crippen LogP contribution < -0.4 is 10.1 Å². The van der Waals surface area contributed by atoms with E-state index in [1.165, 1.54) is 31.2 Å². The fourth-order valence-corrected chi connectivity index (χ4v) is 2.17. The summed E-state index contributed by atoms with van der Waals surface area (Å²) in [7, 11) is 0. The molecule has 0 aromatic carbocycles. The number of rotatable bonds is 4. The summed E-state index contributed by atoms with van der Waals surface area (Å²) in [5.41, 5.74) is 1.36. The number of nitrogens with zero attached hydrogens (tertiary/aromatic N) is 1. The lowest BCUT2D eigenvalue weighted by atomic mass is 10.1. The van der Waals surface area contributed by atoms with E-state index in [-0.39, 0.29) is 5.54 Å². The van der Waals surface area contributed by atoms with Gasteiger partial charge in [-0.3, -0.25) is 0 Å². The highest BCUT2D eigenvalue weighted by atomic mass is 16.5. The van der Waals surface area contributed by atoms with E-state index in [1.54, 1.807) is 0 Å². The van der Waals surface area contributed by atoms with E-state index in [1.807, 2.05) is 12.3 Å². The molecule has 1 aliphatic carbocycles. The van der Waals surface area contributed by atoms with Crippen LogP contribution in [0.15, 0.2) is 18.3 Å². The van der Waals surface area contributed by atoms with Crippen LogP contribution in [0.4, 0.5) is 0 Å². The molecule has 3 heteroatoms. The van der Waals surface area contributed by atoms with Crippen LogP contribution in [0.25, 0.3) is 0 Å². The average molecular weight is 248 g/mol. The van der Waals surface area contributed by atoms with E-state index in [2.05, 4.69) is 37.1 Å². The van der Waals surface area contributed by atoms with Crippen molar-refractivity contribution in [1.82, 2.24) is 10.3 Å². The van der Waals surface area contributed by atoms with Crippen molar-refractivity contribution in [2.75, 3.05) is 0 Å². The Morgan fingerprint density at radius 2 is 2.06 bits per heavy atom. The lowest BCUT2D eigenvalue weighted by molar-refractivity contribution is 0.201. The van der Waals surface area contributed by atoms with Crippen LogP contribution in [0.2, 0.25) is 0 Å². The van der Waals surface area contributed by atoms with Crippen LogP contribution >= 0.6 is 0 Å². The van der Waals surface area contributed by atoms with Crippen molar-refractivity contribution in [3.8, 4) is 5.88 Å². The number of ether oxygens (including phenoxy) is 1. The van der Waals surface area contributed by atoms with Crippen molar-refractivity contribution in [2.24, 2.45) is 0 Å². The molecule has 1 saturated carbocycles. The van der Waals surface area contributed by atoms with Crippen LogP contribution in [0.3, 0.4) is 0 Å². The van der Waals surface area contributed by atoms with Gasteiger partial charge in [0, 0.05) is 24.3 Å². The molecule has 1 N–H and O–H groups in total. The number of pyridine rings is 1. The normalized spacial score (nSPS) is 17.1. The highest BCUT2D eigenvalue weighted by Gasteiger charge is 2.17. The lowest BCUT2D eigenvalue weighted by Gasteiger charge is -2.20. The van der Waals surface area contributed by atoms with E-state index < -0.39 is 0 Å². The van der Waals surface area contributed by atoms with Crippen LogP contribution in [-0.2, 0) is 6.54 Å². The second-order valence-electron chi connectivity index (χ2n) is 6.13. The molecular formula is C15H24N2O. The first kappa shape index (κ1) is 13.3. The van der Waals surface area contributed by atoms with Crippen molar-refractivity contribution in [2.45, 2.75) is 64.6 Å². The fraction of sp³-hybridized carbons (Fsp3) is 0.667. The van der Waals surface area contributed by atoms with Gasteiger partial charge in [0.05, 0.1) is 0 Å². The second-order valence-corrected chi connectivity index (χ2v) is 6.13. The number of hydrogen-bond donors (Lipinski definition) is 1. The highest BCUT2D eigenvalue weighted by molar-refractivity contribution is 5.20. The monoisotopic (exact) mass is 248 g/mol. The van der Waals surface area contributed by atoms with Gasteiger partial charge < -0.3 is 10.1 Å². The molecule has 1 aromatic rings. The minimum absolute atomic E-state index is 0.135. The fourth-order valence-electron chi connectivity index (χ4n) is 2.17. The Labute approximate surface area is 110 Å². The van der Waals surface area contributed by atoms with E-state index >= 15 is 0 Å². The maximum atomic E-state index is 5.91. The Hall–Kier alpha value is -1.09. The first-order valence-electron chi connectivity index (χ1n) is 6.89. The summed E-state index contributed by atoms with van der Waals surface area (Å²) in [5.74, 6) is 0.773. The standard InChI is InChI=1S/C15H24N2O/c1-15(2,3)17-11-12-8-9-16-14(10-12)18-13-6-4-5-7-13/h8-10,13,17H,4-7,11H2,1-3H3. The molecule has 0 bridgehead atoms.